The molecule has 0 N–H and O–H groups in total. The van der Waals surface area contributed by atoms with Crippen molar-refractivity contribution in [2.75, 3.05) is 44.2 Å². The van der Waals surface area contributed by atoms with Crippen LogP contribution in [0.25, 0.3) is 0 Å². The molecule has 118 valence electrons. The van der Waals surface area contributed by atoms with E-state index >= 15 is 0 Å². The van der Waals surface area contributed by atoms with Crippen LogP contribution in [0.3, 0.4) is 0 Å². The predicted molar refractivity (Wildman–Crippen MR) is 83.8 cm³/mol. The van der Waals surface area contributed by atoms with Gasteiger partial charge in [-0.1, -0.05) is 0 Å². The second kappa shape index (κ2) is 6.77. The molecule has 22 heavy (non-hydrogen) atoms. The second-order valence-corrected chi connectivity index (χ2v) is 5.91. The minimum atomic E-state index is 0.0839. The molecule has 2 saturated heterocycles. The van der Waals surface area contributed by atoms with Gasteiger partial charge in [0.1, 0.15) is 0 Å². The molecule has 1 aromatic heterocycles. The SMILES string of the molecule is O=CN1CCN(c2cncc(C(=O)N3CCCCC3)c2)CC1. The first-order chi connectivity index (χ1) is 10.8. The van der Waals surface area contributed by atoms with E-state index in [2.05, 4.69) is 9.88 Å². The van der Waals surface area contributed by atoms with E-state index in [-0.39, 0.29) is 5.91 Å². The van der Waals surface area contributed by atoms with Crippen molar-refractivity contribution >= 4 is 18.0 Å². The van der Waals surface area contributed by atoms with Crippen molar-refractivity contribution in [1.82, 2.24) is 14.8 Å². The number of amides is 2. The Morgan fingerprint density at radius 1 is 1.00 bits per heavy atom. The van der Waals surface area contributed by atoms with E-state index in [1.54, 1.807) is 17.3 Å². The molecular weight excluding hydrogens is 280 g/mol. The molecule has 0 aromatic carbocycles. The van der Waals surface area contributed by atoms with Gasteiger partial charge >= 0.3 is 0 Å². The summed E-state index contributed by atoms with van der Waals surface area (Å²) < 4.78 is 0. The quantitative estimate of drug-likeness (QED) is 0.781. The van der Waals surface area contributed by atoms with Crippen molar-refractivity contribution < 1.29 is 9.59 Å². The maximum atomic E-state index is 12.5. The molecule has 0 bridgehead atoms. The van der Waals surface area contributed by atoms with Gasteiger partial charge in [0.2, 0.25) is 6.41 Å². The number of hydrogen-bond acceptors (Lipinski definition) is 4. The summed E-state index contributed by atoms with van der Waals surface area (Å²) in [6.45, 7) is 4.69. The Balaban J connectivity index is 1.69. The van der Waals surface area contributed by atoms with Crippen LogP contribution in [0.5, 0.6) is 0 Å². The van der Waals surface area contributed by atoms with Crippen molar-refractivity contribution in [3.8, 4) is 0 Å². The monoisotopic (exact) mass is 302 g/mol. The smallest absolute Gasteiger partial charge is 0.255 e. The van der Waals surface area contributed by atoms with Gasteiger partial charge in [-0.2, -0.15) is 0 Å². The number of piperidine rings is 1. The highest BCUT2D eigenvalue weighted by Crippen LogP contribution is 2.19. The number of piperazine rings is 1. The molecule has 3 heterocycles. The topological polar surface area (TPSA) is 56.8 Å². The first-order valence-corrected chi connectivity index (χ1v) is 7.96. The van der Waals surface area contributed by atoms with Crippen LogP contribution in [-0.4, -0.2) is 66.4 Å². The van der Waals surface area contributed by atoms with Gasteiger partial charge in [-0.25, -0.2) is 0 Å². The van der Waals surface area contributed by atoms with Crippen LogP contribution < -0.4 is 4.90 Å². The van der Waals surface area contributed by atoms with Crippen LogP contribution in [0, 0.1) is 0 Å². The van der Waals surface area contributed by atoms with Crippen molar-refractivity contribution in [2.45, 2.75) is 19.3 Å². The first-order valence-electron chi connectivity index (χ1n) is 7.96. The normalized spacial score (nSPS) is 19.2. The number of aromatic nitrogens is 1. The lowest BCUT2D eigenvalue weighted by Gasteiger charge is -2.34. The zero-order chi connectivity index (χ0) is 15.4. The molecule has 6 heteroatoms. The molecule has 0 saturated carbocycles. The Morgan fingerprint density at radius 2 is 1.73 bits per heavy atom. The predicted octanol–water partition coefficient (Wildman–Crippen LogP) is 0.986. The largest absolute Gasteiger partial charge is 0.367 e. The number of pyridine rings is 1. The Hall–Kier alpha value is -2.11. The first kappa shape index (κ1) is 14.8. The van der Waals surface area contributed by atoms with Crippen molar-refractivity contribution in [3.05, 3.63) is 24.0 Å². The summed E-state index contributed by atoms with van der Waals surface area (Å²) in [5, 5.41) is 0. The summed E-state index contributed by atoms with van der Waals surface area (Å²) in [6.07, 6.45) is 7.74. The highest BCUT2D eigenvalue weighted by Gasteiger charge is 2.21. The van der Waals surface area contributed by atoms with Gasteiger partial charge in [0.25, 0.3) is 5.91 Å². The van der Waals surface area contributed by atoms with E-state index < -0.39 is 0 Å². The minimum absolute atomic E-state index is 0.0839. The molecule has 2 aliphatic heterocycles. The van der Waals surface area contributed by atoms with Gasteiger partial charge in [0.05, 0.1) is 17.4 Å². The highest BCUT2D eigenvalue weighted by molar-refractivity contribution is 5.94. The molecule has 2 amide bonds. The van der Waals surface area contributed by atoms with Gasteiger partial charge in [-0.05, 0) is 25.3 Å². The van der Waals surface area contributed by atoms with Crippen LogP contribution in [0.4, 0.5) is 5.69 Å². The number of likely N-dealkylation sites (tertiary alicyclic amines) is 1. The lowest BCUT2D eigenvalue weighted by atomic mass is 10.1. The summed E-state index contributed by atoms with van der Waals surface area (Å²) in [6, 6.07) is 1.93. The fraction of sp³-hybridized carbons (Fsp3) is 0.562. The molecule has 0 unspecified atom stereocenters. The third-order valence-corrected chi connectivity index (χ3v) is 4.44. The van der Waals surface area contributed by atoms with E-state index in [4.69, 9.17) is 0 Å². The molecule has 2 aliphatic rings. The van der Waals surface area contributed by atoms with Crippen LogP contribution >= 0.6 is 0 Å². The number of anilines is 1. The summed E-state index contributed by atoms with van der Waals surface area (Å²) in [5.74, 6) is 0.0839. The Kier molecular flexibility index (Phi) is 4.56. The van der Waals surface area contributed by atoms with Crippen molar-refractivity contribution in [1.29, 1.82) is 0 Å². The van der Waals surface area contributed by atoms with Gasteiger partial charge in [0.15, 0.2) is 0 Å². The van der Waals surface area contributed by atoms with Gasteiger partial charge in [-0.15, -0.1) is 0 Å². The van der Waals surface area contributed by atoms with Crippen molar-refractivity contribution in [2.24, 2.45) is 0 Å². The van der Waals surface area contributed by atoms with Crippen LogP contribution in [-0.2, 0) is 4.79 Å². The molecule has 0 aliphatic carbocycles. The zero-order valence-electron chi connectivity index (χ0n) is 12.8. The van der Waals surface area contributed by atoms with E-state index in [0.717, 1.165) is 51.1 Å². The standard InChI is InChI=1S/C16H22N4O2/c21-13-18-6-8-19(9-7-18)15-10-14(11-17-12-15)16(22)20-4-2-1-3-5-20/h10-13H,1-9H2. The van der Waals surface area contributed by atoms with E-state index in [1.807, 2.05) is 11.0 Å². The molecular formula is C16H22N4O2. The summed E-state index contributed by atoms with van der Waals surface area (Å²) in [5.41, 5.74) is 1.63. The van der Waals surface area contributed by atoms with Crippen LogP contribution in [0.15, 0.2) is 18.5 Å². The van der Waals surface area contributed by atoms with Gasteiger partial charge in [0, 0.05) is 45.5 Å². The number of hydrogen-bond donors (Lipinski definition) is 0. The van der Waals surface area contributed by atoms with E-state index in [0.29, 0.717) is 18.7 Å². The summed E-state index contributed by atoms with van der Waals surface area (Å²) in [4.78, 5) is 33.4. The zero-order valence-corrected chi connectivity index (χ0v) is 12.8. The third kappa shape index (κ3) is 3.21. The number of nitrogens with zero attached hydrogens (tertiary/aromatic N) is 4. The minimum Gasteiger partial charge on any atom is -0.367 e. The van der Waals surface area contributed by atoms with E-state index in [1.165, 1.54) is 6.42 Å². The Morgan fingerprint density at radius 3 is 2.41 bits per heavy atom. The molecule has 3 rings (SSSR count). The maximum absolute atomic E-state index is 12.5. The molecule has 2 fully saturated rings. The van der Waals surface area contributed by atoms with E-state index in [9.17, 15) is 9.59 Å². The number of rotatable bonds is 3. The lowest BCUT2D eigenvalue weighted by Crippen LogP contribution is -2.45. The molecule has 1 aromatic rings. The van der Waals surface area contributed by atoms with Gasteiger partial charge < -0.3 is 14.7 Å². The van der Waals surface area contributed by atoms with Crippen LogP contribution in [0.1, 0.15) is 29.6 Å². The van der Waals surface area contributed by atoms with Crippen LogP contribution in [0.2, 0.25) is 0 Å². The Bertz CT molecular complexity index is 535. The maximum Gasteiger partial charge on any atom is 0.255 e. The molecule has 0 spiro atoms. The average Bonchev–Trinajstić information content (AvgIpc) is 2.62. The Labute approximate surface area is 130 Å². The fourth-order valence-corrected chi connectivity index (χ4v) is 3.08. The van der Waals surface area contributed by atoms with Crippen molar-refractivity contribution in [3.63, 3.8) is 0 Å². The molecule has 0 radical (unpaired) electrons. The summed E-state index contributed by atoms with van der Waals surface area (Å²) in [7, 11) is 0. The number of carbonyl (C=O) groups is 2. The molecule has 6 nitrogen and oxygen atoms in total. The number of carbonyl (C=O) groups excluding carboxylic acids is 2. The third-order valence-electron chi connectivity index (χ3n) is 4.44. The summed E-state index contributed by atoms with van der Waals surface area (Å²) >= 11 is 0. The van der Waals surface area contributed by atoms with Gasteiger partial charge in [-0.3, -0.25) is 14.6 Å². The average molecular weight is 302 g/mol. The highest BCUT2D eigenvalue weighted by atomic mass is 16.2. The second-order valence-electron chi connectivity index (χ2n) is 5.91. The molecule has 0 atom stereocenters. The fourth-order valence-electron chi connectivity index (χ4n) is 3.08. The lowest BCUT2D eigenvalue weighted by molar-refractivity contribution is -0.118.